The fraction of sp³-hybridized carbons (Fsp3) is 0.300. The molecule has 1 aliphatic rings. The molecule has 1 unspecified atom stereocenters. The second-order valence-corrected chi connectivity index (χ2v) is 5.46. The Labute approximate surface area is 137 Å². The molecule has 3 heteroatoms. The summed E-state index contributed by atoms with van der Waals surface area (Å²) >= 11 is 0. The molecule has 0 aliphatic carbocycles. The Kier molecular flexibility index (Phi) is 5.31. The van der Waals surface area contributed by atoms with Crippen LogP contribution < -0.4 is 4.74 Å². The van der Waals surface area contributed by atoms with Crippen molar-refractivity contribution in [2.24, 2.45) is 0 Å². The highest BCUT2D eigenvalue weighted by atomic mass is 16.5. The van der Waals surface area contributed by atoms with E-state index in [-0.39, 0.29) is 6.04 Å². The summed E-state index contributed by atoms with van der Waals surface area (Å²) in [6.45, 7) is 3.33. The van der Waals surface area contributed by atoms with Crippen molar-refractivity contribution in [3.8, 4) is 17.6 Å². The summed E-state index contributed by atoms with van der Waals surface area (Å²) in [5.41, 5.74) is 2.23. The van der Waals surface area contributed by atoms with Crippen molar-refractivity contribution < 1.29 is 9.47 Å². The predicted octanol–water partition coefficient (Wildman–Crippen LogP) is 3.12. The van der Waals surface area contributed by atoms with Crippen LogP contribution in [-0.2, 0) is 4.74 Å². The number of ether oxygens (including phenoxy) is 2. The number of benzene rings is 2. The van der Waals surface area contributed by atoms with E-state index in [1.807, 2.05) is 42.5 Å². The van der Waals surface area contributed by atoms with Gasteiger partial charge in [0.2, 0.25) is 0 Å². The Balaban J connectivity index is 1.88. The van der Waals surface area contributed by atoms with Gasteiger partial charge in [0, 0.05) is 18.7 Å². The van der Waals surface area contributed by atoms with Gasteiger partial charge in [-0.25, -0.2) is 0 Å². The number of methoxy groups -OCH3 is 1. The molecule has 0 spiro atoms. The predicted molar refractivity (Wildman–Crippen MR) is 91.4 cm³/mol. The molecule has 1 atom stereocenters. The van der Waals surface area contributed by atoms with Crippen LogP contribution in [0.4, 0.5) is 0 Å². The maximum Gasteiger partial charge on any atom is 0.118 e. The van der Waals surface area contributed by atoms with Crippen molar-refractivity contribution in [2.75, 3.05) is 33.4 Å². The minimum atomic E-state index is 0.0741. The SMILES string of the molecule is COc1ccc(C(C#Cc2ccccc2)N2CCOCC2)cc1. The van der Waals surface area contributed by atoms with Gasteiger partial charge in [-0.2, -0.15) is 0 Å². The Morgan fingerprint density at radius 2 is 1.70 bits per heavy atom. The molecule has 1 fully saturated rings. The molecule has 3 nitrogen and oxygen atoms in total. The summed E-state index contributed by atoms with van der Waals surface area (Å²) in [6.07, 6.45) is 0. The lowest BCUT2D eigenvalue weighted by Crippen LogP contribution is -2.38. The average Bonchev–Trinajstić information content (AvgIpc) is 2.64. The zero-order valence-corrected chi connectivity index (χ0v) is 13.4. The zero-order chi connectivity index (χ0) is 15.9. The van der Waals surface area contributed by atoms with E-state index in [1.165, 1.54) is 5.56 Å². The first-order valence-corrected chi connectivity index (χ1v) is 7.89. The average molecular weight is 307 g/mol. The number of hydrogen-bond donors (Lipinski definition) is 0. The molecule has 1 aliphatic heterocycles. The standard InChI is InChI=1S/C20H21NO2/c1-22-19-10-8-18(9-11-19)20(21-13-15-23-16-14-21)12-7-17-5-3-2-4-6-17/h2-6,8-11,20H,13-16H2,1H3. The summed E-state index contributed by atoms with van der Waals surface area (Å²) in [7, 11) is 1.68. The van der Waals surface area contributed by atoms with Crippen LogP contribution in [0.25, 0.3) is 0 Å². The fourth-order valence-electron chi connectivity index (χ4n) is 2.68. The Bertz CT molecular complexity index is 664. The normalized spacial score (nSPS) is 16.2. The molecular weight excluding hydrogens is 286 g/mol. The van der Waals surface area contributed by atoms with Crippen molar-refractivity contribution in [2.45, 2.75) is 6.04 Å². The van der Waals surface area contributed by atoms with E-state index >= 15 is 0 Å². The Morgan fingerprint density at radius 3 is 2.35 bits per heavy atom. The van der Waals surface area contributed by atoms with Crippen molar-refractivity contribution in [1.29, 1.82) is 0 Å². The van der Waals surface area contributed by atoms with Crippen molar-refractivity contribution in [3.63, 3.8) is 0 Å². The number of hydrogen-bond acceptors (Lipinski definition) is 3. The quantitative estimate of drug-likeness (QED) is 0.813. The molecule has 2 aromatic carbocycles. The maximum absolute atomic E-state index is 5.48. The van der Waals surface area contributed by atoms with Gasteiger partial charge < -0.3 is 9.47 Å². The van der Waals surface area contributed by atoms with E-state index < -0.39 is 0 Å². The molecule has 0 bridgehead atoms. The second kappa shape index (κ2) is 7.82. The maximum atomic E-state index is 5.48. The van der Waals surface area contributed by atoms with Crippen molar-refractivity contribution in [3.05, 3.63) is 65.7 Å². The van der Waals surface area contributed by atoms with Crippen LogP contribution in [0, 0.1) is 11.8 Å². The van der Waals surface area contributed by atoms with E-state index in [0.29, 0.717) is 0 Å². The Hall–Kier alpha value is -2.28. The molecule has 1 saturated heterocycles. The molecule has 0 aromatic heterocycles. The van der Waals surface area contributed by atoms with Gasteiger partial charge in [0.05, 0.1) is 26.4 Å². The van der Waals surface area contributed by atoms with Gasteiger partial charge in [-0.3, -0.25) is 4.90 Å². The summed E-state index contributed by atoms with van der Waals surface area (Å²) in [4.78, 5) is 2.38. The first-order chi connectivity index (χ1) is 11.4. The van der Waals surface area contributed by atoms with Crippen LogP contribution >= 0.6 is 0 Å². The minimum Gasteiger partial charge on any atom is -0.497 e. The molecule has 2 aromatic rings. The van der Waals surface area contributed by atoms with E-state index in [0.717, 1.165) is 37.6 Å². The zero-order valence-electron chi connectivity index (χ0n) is 13.4. The minimum absolute atomic E-state index is 0.0741. The van der Waals surface area contributed by atoms with Gasteiger partial charge in [0.25, 0.3) is 0 Å². The molecule has 3 rings (SSSR count). The molecule has 1 heterocycles. The highest BCUT2D eigenvalue weighted by Crippen LogP contribution is 2.23. The first-order valence-electron chi connectivity index (χ1n) is 7.89. The third-order valence-corrected chi connectivity index (χ3v) is 3.97. The van der Waals surface area contributed by atoms with Gasteiger partial charge in [-0.15, -0.1) is 0 Å². The smallest absolute Gasteiger partial charge is 0.118 e. The van der Waals surface area contributed by atoms with Gasteiger partial charge in [-0.05, 0) is 29.8 Å². The lowest BCUT2D eigenvalue weighted by Gasteiger charge is -2.31. The topological polar surface area (TPSA) is 21.7 Å². The van der Waals surface area contributed by atoms with Gasteiger partial charge in [-0.1, -0.05) is 42.2 Å². The van der Waals surface area contributed by atoms with E-state index in [2.05, 4.69) is 28.9 Å². The third-order valence-electron chi connectivity index (χ3n) is 3.97. The van der Waals surface area contributed by atoms with Crippen LogP contribution in [0.3, 0.4) is 0 Å². The lowest BCUT2D eigenvalue weighted by atomic mass is 10.0. The molecule has 23 heavy (non-hydrogen) atoms. The van der Waals surface area contributed by atoms with Crippen LogP contribution in [0.5, 0.6) is 5.75 Å². The summed E-state index contributed by atoms with van der Waals surface area (Å²) in [6, 6.07) is 18.4. The van der Waals surface area contributed by atoms with E-state index in [9.17, 15) is 0 Å². The van der Waals surface area contributed by atoms with Crippen LogP contribution in [0.15, 0.2) is 54.6 Å². The van der Waals surface area contributed by atoms with Crippen molar-refractivity contribution in [1.82, 2.24) is 4.90 Å². The van der Waals surface area contributed by atoms with Gasteiger partial charge in [0.15, 0.2) is 0 Å². The third kappa shape index (κ3) is 4.13. The van der Waals surface area contributed by atoms with E-state index in [1.54, 1.807) is 7.11 Å². The van der Waals surface area contributed by atoms with Crippen LogP contribution in [0.1, 0.15) is 17.2 Å². The largest absolute Gasteiger partial charge is 0.497 e. The number of rotatable bonds is 3. The summed E-state index contributed by atoms with van der Waals surface area (Å²) in [5, 5.41) is 0. The molecule has 118 valence electrons. The van der Waals surface area contributed by atoms with E-state index in [4.69, 9.17) is 9.47 Å². The molecule has 0 N–H and O–H groups in total. The monoisotopic (exact) mass is 307 g/mol. The molecule has 0 saturated carbocycles. The molecule has 0 radical (unpaired) electrons. The highest BCUT2D eigenvalue weighted by Gasteiger charge is 2.20. The van der Waals surface area contributed by atoms with Crippen molar-refractivity contribution >= 4 is 0 Å². The Morgan fingerprint density at radius 1 is 1.00 bits per heavy atom. The van der Waals surface area contributed by atoms with Crippen LogP contribution in [-0.4, -0.2) is 38.3 Å². The fourth-order valence-corrected chi connectivity index (χ4v) is 2.68. The molecular formula is C20H21NO2. The number of nitrogens with zero attached hydrogens (tertiary/aromatic N) is 1. The lowest BCUT2D eigenvalue weighted by molar-refractivity contribution is 0.0270. The highest BCUT2D eigenvalue weighted by molar-refractivity contribution is 5.39. The van der Waals surface area contributed by atoms with Crippen LogP contribution in [0.2, 0.25) is 0 Å². The first kappa shape index (κ1) is 15.6. The summed E-state index contributed by atoms with van der Waals surface area (Å²) < 4.78 is 10.7. The second-order valence-electron chi connectivity index (χ2n) is 5.46. The van der Waals surface area contributed by atoms with Gasteiger partial charge in [0.1, 0.15) is 5.75 Å². The van der Waals surface area contributed by atoms with Gasteiger partial charge >= 0.3 is 0 Å². The number of morpholine rings is 1. The molecule has 0 amide bonds. The summed E-state index contributed by atoms with van der Waals surface area (Å²) in [5.74, 6) is 7.61.